The number of halogens is 1. The minimum absolute atomic E-state index is 0.220. The van der Waals surface area contributed by atoms with Crippen LogP contribution in [0.25, 0.3) is 10.9 Å². The van der Waals surface area contributed by atoms with Crippen LogP contribution in [-0.2, 0) is 16.1 Å². The molecule has 2 heterocycles. The zero-order valence-corrected chi connectivity index (χ0v) is 18.3. The molecule has 162 valence electrons. The predicted octanol–water partition coefficient (Wildman–Crippen LogP) is 5.39. The number of carbonyl (C=O) groups excluding carboxylic acids is 2. The molecule has 3 aromatic rings. The Balaban J connectivity index is 1.61. The average Bonchev–Trinajstić information content (AvgIpc) is 3.22. The Hall–Kier alpha value is -3.15. The van der Waals surface area contributed by atoms with Crippen LogP contribution in [0.3, 0.4) is 0 Å². The number of hydrogen-bond acceptors (Lipinski definition) is 3. The monoisotopic (exact) mass is 422 g/mol. The number of aryl methyl sites for hydroxylation is 1. The number of rotatable bonds is 3. The molecule has 0 aliphatic carbocycles. The van der Waals surface area contributed by atoms with Crippen molar-refractivity contribution in [2.24, 2.45) is 0 Å². The van der Waals surface area contributed by atoms with E-state index in [0.29, 0.717) is 19.5 Å². The number of ether oxygens (including phenoxy) is 1. The molecule has 1 aromatic heterocycles. The van der Waals surface area contributed by atoms with Crippen LogP contribution < -0.4 is 0 Å². The molecule has 1 fully saturated rings. The second-order valence-electron chi connectivity index (χ2n) is 9.15. The Morgan fingerprint density at radius 1 is 1.16 bits per heavy atom. The summed E-state index contributed by atoms with van der Waals surface area (Å²) < 4.78 is 20.7. The maximum atomic E-state index is 13.2. The fourth-order valence-electron chi connectivity index (χ4n) is 4.11. The third-order valence-electron chi connectivity index (χ3n) is 5.59. The molecule has 0 N–H and O–H groups in total. The molecular formula is C25H27FN2O3. The standard InChI is InChI=1S/C25H27FN2O3/c1-16-14-27(15-17-5-8-19(26)9-6-17)22-13-18(7-10-20(16)22)21-11-12-28(23(21)29)24(30)31-25(2,3)4/h5-10,13-14,21H,11-12,15H2,1-4H3. The highest BCUT2D eigenvalue weighted by Gasteiger charge is 2.38. The highest BCUT2D eigenvalue weighted by Crippen LogP contribution is 2.33. The van der Waals surface area contributed by atoms with Gasteiger partial charge in [-0.1, -0.05) is 24.3 Å². The van der Waals surface area contributed by atoms with Gasteiger partial charge in [-0.05, 0) is 69.0 Å². The number of hydrogen-bond donors (Lipinski definition) is 0. The Kier molecular flexibility index (Phi) is 5.33. The topological polar surface area (TPSA) is 51.5 Å². The molecule has 2 amide bonds. The number of carbonyl (C=O) groups is 2. The summed E-state index contributed by atoms with van der Waals surface area (Å²) in [6.45, 7) is 8.37. The number of benzene rings is 2. The van der Waals surface area contributed by atoms with Crippen molar-refractivity contribution >= 4 is 22.9 Å². The van der Waals surface area contributed by atoms with E-state index in [1.165, 1.54) is 17.0 Å². The molecule has 0 radical (unpaired) electrons. The summed E-state index contributed by atoms with van der Waals surface area (Å²) >= 11 is 0. The van der Waals surface area contributed by atoms with Crippen LogP contribution in [0.5, 0.6) is 0 Å². The Morgan fingerprint density at radius 3 is 2.55 bits per heavy atom. The lowest BCUT2D eigenvalue weighted by molar-refractivity contribution is -0.128. The van der Waals surface area contributed by atoms with E-state index < -0.39 is 11.7 Å². The highest BCUT2D eigenvalue weighted by atomic mass is 19.1. The van der Waals surface area contributed by atoms with E-state index in [4.69, 9.17) is 4.74 Å². The summed E-state index contributed by atoms with van der Waals surface area (Å²) in [7, 11) is 0. The highest BCUT2D eigenvalue weighted by molar-refractivity contribution is 5.98. The Labute approximate surface area is 181 Å². The van der Waals surface area contributed by atoms with E-state index in [9.17, 15) is 14.0 Å². The van der Waals surface area contributed by atoms with E-state index in [0.717, 1.165) is 27.6 Å². The molecule has 5 nitrogen and oxygen atoms in total. The van der Waals surface area contributed by atoms with Gasteiger partial charge < -0.3 is 9.30 Å². The molecule has 1 aliphatic heterocycles. The van der Waals surface area contributed by atoms with Gasteiger partial charge in [-0.25, -0.2) is 14.1 Å². The zero-order valence-electron chi connectivity index (χ0n) is 18.3. The van der Waals surface area contributed by atoms with Crippen LogP contribution in [0, 0.1) is 12.7 Å². The van der Waals surface area contributed by atoms with Gasteiger partial charge in [0, 0.05) is 30.2 Å². The van der Waals surface area contributed by atoms with Crippen molar-refractivity contribution in [2.45, 2.75) is 52.2 Å². The first-order valence-electron chi connectivity index (χ1n) is 10.5. The van der Waals surface area contributed by atoms with Gasteiger partial charge in [0.2, 0.25) is 5.91 Å². The van der Waals surface area contributed by atoms with Crippen molar-refractivity contribution in [1.82, 2.24) is 9.47 Å². The second-order valence-corrected chi connectivity index (χ2v) is 9.15. The molecule has 4 rings (SSSR count). The number of nitrogens with zero attached hydrogens (tertiary/aromatic N) is 2. The van der Waals surface area contributed by atoms with E-state index in [2.05, 4.69) is 10.8 Å². The number of aromatic nitrogens is 1. The van der Waals surface area contributed by atoms with Crippen molar-refractivity contribution in [2.75, 3.05) is 6.54 Å². The first kappa shape index (κ1) is 21.1. The van der Waals surface area contributed by atoms with E-state index >= 15 is 0 Å². The van der Waals surface area contributed by atoms with Crippen LogP contribution in [0.15, 0.2) is 48.7 Å². The van der Waals surface area contributed by atoms with Gasteiger partial charge in [0.25, 0.3) is 0 Å². The third kappa shape index (κ3) is 4.33. The predicted molar refractivity (Wildman–Crippen MR) is 117 cm³/mol. The fourth-order valence-corrected chi connectivity index (χ4v) is 4.11. The third-order valence-corrected chi connectivity index (χ3v) is 5.59. The van der Waals surface area contributed by atoms with Gasteiger partial charge in [0.1, 0.15) is 11.4 Å². The second kappa shape index (κ2) is 7.84. The Bertz CT molecular complexity index is 1140. The fraction of sp³-hybridized carbons (Fsp3) is 0.360. The molecular weight excluding hydrogens is 395 g/mol. The SMILES string of the molecule is Cc1cn(Cc2ccc(F)cc2)c2cc(C3CCN(C(=O)OC(C)(C)C)C3=O)ccc12. The normalized spacial score (nSPS) is 16.9. The van der Waals surface area contributed by atoms with Crippen molar-refractivity contribution in [3.63, 3.8) is 0 Å². The summed E-state index contributed by atoms with van der Waals surface area (Å²) in [5.41, 5.74) is 3.39. The minimum atomic E-state index is -0.646. The van der Waals surface area contributed by atoms with Crippen molar-refractivity contribution in [3.05, 3.63) is 71.2 Å². The minimum Gasteiger partial charge on any atom is -0.443 e. The lowest BCUT2D eigenvalue weighted by atomic mass is 9.96. The van der Waals surface area contributed by atoms with Gasteiger partial charge in [0.05, 0.1) is 5.92 Å². The van der Waals surface area contributed by atoms with Crippen LogP contribution >= 0.6 is 0 Å². The molecule has 6 heteroatoms. The Morgan fingerprint density at radius 2 is 1.87 bits per heavy atom. The first-order valence-corrected chi connectivity index (χ1v) is 10.5. The number of fused-ring (bicyclic) bond motifs is 1. The van der Waals surface area contributed by atoms with Crippen LogP contribution in [0.4, 0.5) is 9.18 Å². The lowest BCUT2D eigenvalue weighted by Crippen LogP contribution is -2.38. The number of imide groups is 1. The average molecular weight is 423 g/mol. The van der Waals surface area contributed by atoms with Crippen LogP contribution in [0.1, 0.15) is 49.8 Å². The van der Waals surface area contributed by atoms with Crippen LogP contribution in [0.2, 0.25) is 0 Å². The molecule has 2 aromatic carbocycles. The van der Waals surface area contributed by atoms with Crippen molar-refractivity contribution in [1.29, 1.82) is 0 Å². The summed E-state index contributed by atoms with van der Waals surface area (Å²) in [6.07, 6.45) is 2.05. The molecule has 1 unspecified atom stereocenters. The zero-order chi connectivity index (χ0) is 22.3. The van der Waals surface area contributed by atoms with E-state index in [1.807, 2.05) is 25.1 Å². The molecule has 31 heavy (non-hydrogen) atoms. The van der Waals surface area contributed by atoms with E-state index in [-0.39, 0.29) is 17.6 Å². The molecule has 1 aliphatic rings. The summed E-state index contributed by atoms with van der Waals surface area (Å²) in [4.78, 5) is 26.6. The summed E-state index contributed by atoms with van der Waals surface area (Å²) in [6, 6.07) is 12.5. The summed E-state index contributed by atoms with van der Waals surface area (Å²) in [5, 5.41) is 1.11. The largest absolute Gasteiger partial charge is 0.443 e. The van der Waals surface area contributed by atoms with Crippen molar-refractivity contribution < 1.29 is 18.7 Å². The quantitative estimate of drug-likeness (QED) is 0.569. The van der Waals surface area contributed by atoms with Gasteiger partial charge in [-0.2, -0.15) is 0 Å². The number of amides is 2. The van der Waals surface area contributed by atoms with Gasteiger partial charge in [0.15, 0.2) is 0 Å². The maximum Gasteiger partial charge on any atom is 0.417 e. The van der Waals surface area contributed by atoms with Crippen molar-refractivity contribution in [3.8, 4) is 0 Å². The molecule has 0 bridgehead atoms. The summed E-state index contributed by atoms with van der Waals surface area (Å²) in [5.74, 6) is -0.845. The van der Waals surface area contributed by atoms with Gasteiger partial charge in [-0.3, -0.25) is 4.79 Å². The molecule has 1 atom stereocenters. The first-order chi connectivity index (χ1) is 14.6. The smallest absolute Gasteiger partial charge is 0.417 e. The van der Waals surface area contributed by atoms with E-state index in [1.54, 1.807) is 32.9 Å². The molecule has 0 saturated carbocycles. The molecule has 0 spiro atoms. The van der Waals surface area contributed by atoms with Crippen LogP contribution in [-0.4, -0.2) is 33.6 Å². The molecule has 1 saturated heterocycles. The number of likely N-dealkylation sites (tertiary alicyclic amines) is 1. The van der Waals surface area contributed by atoms with Gasteiger partial charge >= 0.3 is 6.09 Å². The lowest BCUT2D eigenvalue weighted by Gasteiger charge is -2.23. The van der Waals surface area contributed by atoms with Gasteiger partial charge in [-0.15, -0.1) is 0 Å². The maximum absolute atomic E-state index is 13.2.